The molecule has 4 aromatic rings. The number of hydrogen-bond donors (Lipinski definition) is 2. The van der Waals surface area contributed by atoms with Gasteiger partial charge in [0.2, 0.25) is 0 Å². The lowest BCUT2D eigenvalue weighted by atomic mass is 10.3. The standard InChI is InChI=1S/C17H12ClN5S/c18-12-4-1-2-5-13(12)23-24-11-7-8-14-16(10-11)21-17(20-14)15-6-3-9-19-22-15/h1-10,23H,(H,20,21). The van der Waals surface area contributed by atoms with E-state index in [2.05, 4.69) is 24.9 Å². The number of rotatable bonds is 4. The van der Waals surface area contributed by atoms with Crippen LogP contribution in [-0.4, -0.2) is 20.2 Å². The Morgan fingerprint density at radius 2 is 1.96 bits per heavy atom. The SMILES string of the molecule is Clc1ccccc1NSc1ccc2nc(-c3cccnn3)[nH]c2c1. The van der Waals surface area contributed by atoms with E-state index in [-0.39, 0.29) is 0 Å². The smallest absolute Gasteiger partial charge is 0.159 e. The lowest BCUT2D eigenvalue weighted by Crippen LogP contribution is -1.87. The number of halogens is 1. The number of imidazole rings is 1. The van der Waals surface area contributed by atoms with E-state index < -0.39 is 0 Å². The summed E-state index contributed by atoms with van der Waals surface area (Å²) in [6.45, 7) is 0. The molecule has 0 spiro atoms. The molecule has 0 fully saturated rings. The largest absolute Gasteiger partial charge is 0.337 e. The van der Waals surface area contributed by atoms with Gasteiger partial charge in [0.1, 0.15) is 5.69 Å². The summed E-state index contributed by atoms with van der Waals surface area (Å²) in [5.41, 5.74) is 3.44. The molecule has 2 aromatic heterocycles. The van der Waals surface area contributed by atoms with Gasteiger partial charge < -0.3 is 9.71 Å². The molecule has 0 saturated heterocycles. The first-order valence-electron chi connectivity index (χ1n) is 7.25. The Hall–Kier alpha value is -2.57. The van der Waals surface area contributed by atoms with E-state index in [0.29, 0.717) is 10.8 Å². The average molecular weight is 354 g/mol. The van der Waals surface area contributed by atoms with E-state index in [1.54, 1.807) is 6.20 Å². The molecular weight excluding hydrogens is 342 g/mol. The van der Waals surface area contributed by atoms with Crippen molar-refractivity contribution in [3.05, 3.63) is 65.8 Å². The summed E-state index contributed by atoms with van der Waals surface area (Å²) >= 11 is 7.65. The zero-order valence-corrected chi connectivity index (χ0v) is 14.0. The second-order valence-corrected chi connectivity index (χ2v) is 6.34. The van der Waals surface area contributed by atoms with Crippen molar-refractivity contribution in [3.8, 4) is 11.5 Å². The highest BCUT2D eigenvalue weighted by Gasteiger charge is 2.08. The summed E-state index contributed by atoms with van der Waals surface area (Å²) in [6.07, 6.45) is 1.64. The van der Waals surface area contributed by atoms with Crippen molar-refractivity contribution in [2.24, 2.45) is 0 Å². The van der Waals surface area contributed by atoms with Crippen LogP contribution in [0.25, 0.3) is 22.6 Å². The molecule has 24 heavy (non-hydrogen) atoms. The Labute approximate surface area is 147 Å². The third kappa shape index (κ3) is 3.06. The van der Waals surface area contributed by atoms with Gasteiger partial charge in [-0.3, -0.25) is 0 Å². The molecule has 2 N–H and O–H groups in total. The zero-order valence-electron chi connectivity index (χ0n) is 12.4. The van der Waals surface area contributed by atoms with Crippen LogP contribution >= 0.6 is 23.5 Å². The predicted molar refractivity (Wildman–Crippen MR) is 98.1 cm³/mol. The first-order valence-corrected chi connectivity index (χ1v) is 8.44. The fourth-order valence-corrected chi connectivity index (χ4v) is 3.22. The van der Waals surface area contributed by atoms with Gasteiger partial charge in [-0.2, -0.15) is 5.10 Å². The van der Waals surface area contributed by atoms with Crippen LogP contribution in [0, 0.1) is 0 Å². The zero-order chi connectivity index (χ0) is 16.4. The first-order chi connectivity index (χ1) is 11.8. The topological polar surface area (TPSA) is 66.5 Å². The van der Waals surface area contributed by atoms with Crippen LogP contribution in [0.1, 0.15) is 0 Å². The van der Waals surface area contributed by atoms with Crippen molar-refractivity contribution >= 4 is 40.3 Å². The number of benzene rings is 2. The Bertz CT molecular complexity index is 987. The third-order valence-electron chi connectivity index (χ3n) is 3.42. The Balaban J connectivity index is 1.58. The van der Waals surface area contributed by atoms with Crippen molar-refractivity contribution in [1.82, 2.24) is 20.2 Å². The maximum Gasteiger partial charge on any atom is 0.159 e. The maximum atomic E-state index is 6.15. The van der Waals surface area contributed by atoms with Crippen LogP contribution in [0.4, 0.5) is 5.69 Å². The van der Waals surface area contributed by atoms with E-state index in [1.807, 2.05) is 54.6 Å². The molecule has 118 valence electrons. The van der Waals surface area contributed by atoms with Gasteiger partial charge in [0, 0.05) is 11.1 Å². The Morgan fingerprint density at radius 1 is 1.04 bits per heavy atom. The molecule has 0 unspecified atom stereocenters. The second-order valence-electron chi connectivity index (χ2n) is 5.06. The predicted octanol–water partition coefficient (Wildman–Crippen LogP) is 4.79. The fraction of sp³-hybridized carbons (Fsp3) is 0. The lowest BCUT2D eigenvalue weighted by Gasteiger charge is -2.06. The summed E-state index contributed by atoms with van der Waals surface area (Å²) in [6, 6.07) is 17.4. The molecule has 0 saturated carbocycles. The molecule has 0 radical (unpaired) electrons. The summed E-state index contributed by atoms with van der Waals surface area (Å²) in [4.78, 5) is 8.88. The van der Waals surface area contributed by atoms with Crippen molar-refractivity contribution in [1.29, 1.82) is 0 Å². The molecule has 5 nitrogen and oxygen atoms in total. The number of aromatic amines is 1. The van der Waals surface area contributed by atoms with Gasteiger partial charge in [0.05, 0.1) is 21.7 Å². The molecule has 0 amide bonds. The van der Waals surface area contributed by atoms with Gasteiger partial charge in [-0.15, -0.1) is 5.10 Å². The average Bonchev–Trinajstić information content (AvgIpc) is 3.05. The number of anilines is 1. The molecule has 0 aliphatic rings. The summed E-state index contributed by atoms with van der Waals surface area (Å²) in [5, 5.41) is 8.65. The number of aromatic nitrogens is 4. The van der Waals surface area contributed by atoms with E-state index in [4.69, 9.17) is 11.6 Å². The number of fused-ring (bicyclic) bond motifs is 1. The van der Waals surface area contributed by atoms with E-state index in [1.165, 1.54) is 11.9 Å². The monoisotopic (exact) mass is 353 g/mol. The van der Waals surface area contributed by atoms with Crippen LogP contribution in [0.3, 0.4) is 0 Å². The summed E-state index contributed by atoms with van der Waals surface area (Å²) < 4.78 is 3.26. The maximum absolute atomic E-state index is 6.15. The molecule has 0 bridgehead atoms. The van der Waals surface area contributed by atoms with Gasteiger partial charge in [0.25, 0.3) is 0 Å². The number of hydrogen-bond acceptors (Lipinski definition) is 5. The lowest BCUT2D eigenvalue weighted by molar-refractivity contribution is 1.02. The Morgan fingerprint density at radius 3 is 2.79 bits per heavy atom. The van der Waals surface area contributed by atoms with Crippen molar-refractivity contribution < 1.29 is 0 Å². The van der Waals surface area contributed by atoms with E-state index in [9.17, 15) is 0 Å². The summed E-state index contributed by atoms with van der Waals surface area (Å²) in [5.74, 6) is 0.708. The molecular formula is C17H12ClN5S. The highest BCUT2D eigenvalue weighted by Crippen LogP contribution is 2.29. The normalized spacial score (nSPS) is 10.9. The van der Waals surface area contributed by atoms with Gasteiger partial charge in [0.15, 0.2) is 5.82 Å². The van der Waals surface area contributed by atoms with Gasteiger partial charge in [-0.05, 0) is 54.4 Å². The highest BCUT2D eigenvalue weighted by atomic mass is 35.5. The fourth-order valence-electron chi connectivity index (χ4n) is 2.26. The second kappa shape index (κ2) is 6.51. The van der Waals surface area contributed by atoms with Gasteiger partial charge in [-0.25, -0.2) is 4.98 Å². The van der Waals surface area contributed by atoms with Crippen molar-refractivity contribution in [2.75, 3.05) is 4.72 Å². The highest BCUT2D eigenvalue weighted by molar-refractivity contribution is 8.00. The van der Waals surface area contributed by atoms with E-state index in [0.717, 1.165) is 27.3 Å². The van der Waals surface area contributed by atoms with Crippen LogP contribution < -0.4 is 4.72 Å². The Kier molecular flexibility index (Phi) is 4.06. The van der Waals surface area contributed by atoms with Gasteiger partial charge in [-0.1, -0.05) is 23.7 Å². The van der Waals surface area contributed by atoms with Crippen LogP contribution in [0.5, 0.6) is 0 Å². The molecule has 7 heteroatoms. The first kappa shape index (κ1) is 15.0. The van der Waals surface area contributed by atoms with Crippen LogP contribution in [-0.2, 0) is 0 Å². The molecule has 4 rings (SSSR count). The molecule has 2 aromatic carbocycles. The minimum atomic E-state index is 0.692. The van der Waals surface area contributed by atoms with Crippen molar-refractivity contribution in [3.63, 3.8) is 0 Å². The van der Waals surface area contributed by atoms with E-state index >= 15 is 0 Å². The molecule has 0 aliphatic heterocycles. The minimum absolute atomic E-state index is 0.692. The third-order valence-corrected chi connectivity index (χ3v) is 4.56. The molecule has 0 aliphatic carbocycles. The van der Waals surface area contributed by atoms with Gasteiger partial charge >= 0.3 is 0 Å². The van der Waals surface area contributed by atoms with Crippen LogP contribution in [0.15, 0.2) is 65.7 Å². The number of H-pyrrole nitrogens is 1. The van der Waals surface area contributed by atoms with Crippen LogP contribution in [0.2, 0.25) is 5.02 Å². The summed E-state index contributed by atoms with van der Waals surface area (Å²) in [7, 11) is 0. The number of nitrogens with one attached hydrogen (secondary N) is 2. The van der Waals surface area contributed by atoms with Crippen molar-refractivity contribution in [2.45, 2.75) is 4.90 Å². The minimum Gasteiger partial charge on any atom is -0.337 e. The quantitative estimate of drug-likeness (QED) is 0.516. The molecule has 2 heterocycles. The number of para-hydroxylation sites is 1. The molecule has 0 atom stereocenters. The number of nitrogens with zero attached hydrogens (tertiary/aromatic N) is 3.